The Morgan fingerprint density at radius 1 is 0.903 bits per heavy atom. The highest BCUT2D eigenvalue weighted by atomic mass is 32.2. The van der Waals surface area contributed by atoms with Crippen molar-refractivity contribution in [2.24, 2.45) is 0 Å². The van der Waals surface area contributed by atoms with Crippen molar-refractivity contribution in [1.29, 1.82) is 0 Å². The average molecular weight is 438 g/mol. The standard InChI is InChI=1S/C24H27N3O3S/c1-2-25-31(29,30)22-12-10-20(11-13-22)24(28)27-16-14-26(15-17-27)18-21-8-5-7-19-6-3-4-9-23(19)21/h3-13,25H,2,14-18H2,1H3. The van der Waals surface area contributed by atoms with E-state index in [9.17, 15) is 13.2 Å². The first-order valence-corrected chi connectivity index (χ1v) is 12.0. The third-order valence-corrected chi connectivity index (χ3v) is 7.24. The van der Waals surface area contributed by atoms with Gasteiger partial charge in [-0.3, -0.25) is 9.69 Å². The lowest BCUT2D eigenvalue weighted by atomic mass is 10.0. The van der Waals surface area contributed by atoms with Crippen molar-refractivity contribution in [3.63, 3.8) is 0 Å². The molecule has 1 aliphatic heterocycles. The number of fused-ring (bicyclic) bond motifs is 1. The van der Waals surface area contributed by atoms with Gasteiger partial charge in [0.25, 0.3) is 5.91 Å². The molecule has 1 amide bonds. The summed E-state index contributed by atoms with van der Waals surface area (Å²) in [5, 5.41) is 2.52. The lowest BCUT2D eigenvalue weighted by Gasteiger charge is -2.35. The maximum absolute atomic E-state index is 12.9. The first-order chi connectivity index (χ1) is 15.0. The van der Waals surface area contributed by atoms with Crippen LogP contribution in [0.5, 0.6) is 0 Å². The first kappa shape index (κ1) is 21.5. The van der Waals surface area contributed by atoms with E-state index < -0.39 is 10.0 Å². The predicted molar refractivity (Wildman–Crippen MR) is 122 cm³/mol. The normalized spacial score (nSPS) is 15.3. The van der Waals surface area contributed by atoms with Crippen LogP contribution in [-0.4, -0.2) is 56.8 Å². The van der Waals surface area contributed by atoms with Gasteiger partial charge >= 0.3 is 0 Å². The Hall–Kier alpha value is -2.74. The SMILES string of the molecule is CCNS(=O)(=O)c1ccc(C(=O)N2CCN(Cc3cccc4ccccc34)CC2)cc1. The van der Waals surface area contributed by atoms with E-state index in [4.69, 9.17) is 0 Å². The van der Waals surface area contributed by atoms with Crippen LogP contribution >= 0.6 is 0 Å². The van der Waals surface area contributed by atoms with Crippen molar-refractivity contribution in [2.45, 2.75) is 18.4 Å². The summed E-state index contributed by atoms with van der Waals surface area (Å²) >= 11 is 0. The summed E-state index contributed by atoms with van der Waals surface area (Å²) in [5.74, 6) is -0.0581. The second-order valence-corrected chi connectivity index (χ2v) is 9.50. The van der Waals surface area contributed by atoms with E-state index in [-0.39, 0.29) is 10.8 Å². The van der Waals surface area contributed by atoms with Gasteiger partial charge in [0.2, 0.25) is 10.0 Å². The lowest BCUT2D eigenvalue weighted by molar-refractivity contribution is 0.0629. The highest BCUT2D eigenvalue weighted by Gasteiger charge is 2.23. The van der Waals surface area contributed by atoms with Gasteiger partial charge in [-0.15, -0.1) is 0 Å². The fraction of sp³-hybridized carbons (Fsp3) is 0.292. The third kappa shape index (κ3) is 4.79. The Labute approximate surface area is 183 Å². The van der Waals surface area contributed by atoms with Crippen molar-refractivity contribution in [1.82, 2.24) is 14.5 Å². The molecule has 31 heavy (non-hydrogen) atoms. The van der Waals surface area contributed by atoms with Crippen molar-refractivity contribution in [3.8, 4) is 0 Å². The van der Waals surface area contributed by atoms with E-state index in [0.717, 1.165) is 19.6 Å². The number of hydrogen-bond donors (Lipinski definition) is 1. The van der Waals surface area contributed by atoms with Crippen molar-refractivity contribution < 1.29 is 13.2 Å². The van der Waals surface area contributed by atoms with Gasteiger partial charge in [-0.1, -0.05) is 49.4 Å². The van der Waals surface area contributed by atoms with Crippen LogP contribution in [0.4, 0.5) is 0 Å². The summed E-state index contributed by atoms with van der Waals surface area (Å²) in [5.41, 5.74) is 1.81. The fourth-order valence-corrected chi connectivity index (χ4v) is 5.05. The molecule has 0 spiro atoms. The second kappa shape index (κ2) is 9.18. The number of benzene rings is 3. The summed E-state index contributed by atoms with van der Waals surface area (Å²) in [6, 6.07) is 21.0. The molecule has 1 heterocycles. The molecule has 0 aromatic heterocycles. The molecule has 0 unspecified atom stereocenters. The van der Waals surface area contributed by atoms with Gasteiger partial charge in [0, 0.05) is 44.8 Å². The fourth-order valence-electron chi connectivity index (χ4n) is 4.01. The van der Waals surface area contributed by atoms with Crippen LogP contribution in [0.1, 0.15) is 22.8 Å². The molecule has 1 fully saturated rings. The summed E-state index contributed by atoms with van der Waals surface area (Å²) in [4.78, 5) is 17.3. The van der Waals surface area contributed by atoms with E-state index in [0.29, 0.717) is 25.2 Å². The zero-order chi connectivity index (χ0) is 21.8. The van der Waals surface area contributed by atoms with E-state index >= 15 is 0 Å². The third-order valence-electron chi connectivity index (χ3n) is 5.68. The van der Waals surface area contributed by atoms with E-state index in [1.54, 1.807) is 19.1 Å². The molecule has 7 heteroatoms. The molecule has 4 rings (SSSR count). The minimum atomic E-state index is -3.51. The van der Waals surface area contributed by atoms with Gasteiger partial charge in [-0.05, 0) is 40.6 Å². The molecule has 1 N–H and O–H groups in total. The summed E-state index contributed by atoms with van der Waals surface area (Å²) in [7, 11) is -3.51. The van der Waals surface area contributed by atoms with Crippen LogP contribution in [0.3, 0.4) is 0 Å². The molecule has 3 aromatic carbocycles. The molecule has 0 radical (unpaired) electrons. The number of hydrogen-bond acceptors (Lipinski definition) is 4. The van der Waals surface area contributed by atoms with Gasteiger partial charge in [0.15, 0.2) is 0 Å². The molecule has 0 atom stereocenters. The van der Waals surface area contributed by atoms with Gasteiger partial charge < -0.3 is 4.90 Å². The Kier molecular flexibility index (Phi) is 6.36. The Bertz CT molecular complexity index is 1160. The molecule has 3 aromatic rings. The number of carbonyl (C=O) groups excluding carboxylic acids is 1. The topological polar surface area (TPSA) is 69.7 Å². The van der Waals surface area contributed by atoms with Gasteiger partial charge in [0.1, 0.15) is 0 Å². The second-order valence-electron chi connectivity index (χ2n) is 7.73. The summed E-state index contributed by atoms with van der Waals surface area (Å²) in [6.07, 6.45) is 0. The number of rotatable bonds is 6. The van der Waals surface area contributed by atoms with Gasteiger partial charge in [-0.2, -0.15) is 0 Å². The molecule has 0 aliphatic carbocycles. The number of nitrogens with one attached hydrogen (secondary N) is 1. The van der Waals surface area contributed by atoms with Crippen LogP contribution in [0, 0.1) is 0 Å². The highest BCUT2D eigenvalue weighted by molar-refractivity contribution is 7.89. The zero-order valence-electron chi connectivity index (χ0n) is 17.6. The van der Waals surface area contributed by atoms with Gasteiger partial charge in [-0.25, -0.2) is 13.1 Å². The molecule has 1 saturated heterocycles. The number of carbonyl (C=O) groups is 1. The zero-order valence-corrected chi connectivity index (χ0v) is 18.4. The molecule has 1 aliphatic rings. The number of nitrogens with zero attached hydrogens (tertiary/aromatic N) is 2. The number of piperazine rings is 1. The smallest absolute Gasteiger partial charge is 0.253 e. The predicted octanol–water partition coefficient (Wildman–Crippen LogP) is 3.10. The molecular weight excluding hydrogens is 410 g/mol. The molecular formula is C24H27N3O3S. The quantitative estimate of drug-likeness (QED) is 0.643. The molecule has 6 nitrogen and oxygen atoms in total. The lowest BCUT2D eigenvalue weighted by Crippen LogP contribution is -2.48. The van der Waals surface area contributed by atoms with Crippen molar-refractivity contribution in [2.75, 3.05) is 32.7 Å². The molecule has 0 saturated carbocycles. The highest BCUT2D eigenvalue weighted by Crippen LogP contribution is 2.21. The van der Waals surface area contributed by atoms with E-state index in [1.807, 2.05) is 4.90 Å². The Morgan fingerprint density at radius 3 is 2.29 bits per heavy atom. The average Bonchev–Trinajstić information content (AvgIpc) is 2.79. The first-order valence-electron chi connectivity index (χ1n) is 10.6. The minimum absolute atomic E-state index is 0.0581. The van der Waals surface area contributed by atoms with Crippen LogP contribution in [0.25, 0.3) is 10.8 Å². The molecule has 0 bridgehead atoms. The van der Waals surface area contributed by atoms with Crippen molar-refractivity contribution in [3.05, 3.63) is 77.9 Å². The number of amides is 1. The van der Waals surface area contributed by atoms with Crippen LogP contribution < -0.4 is 4.72 Å². The van der Waals surface area contributed by atoms with Crippen LogP contribution in [0.2, 0.25) is 0 Å². The van der Waals surface area contributed by atoms with E-state index in [1.165, 1.54) is 28.5 Å². The largest absolute Gasteiger partial charge is 0.336 e. The minimum Gasteiger partial charge on any atom is -0.336 e. The summed E-state index contributed by atoms with van der Waals surface area (Å²) < 4.78 is 26.6. The maximum atomic E-state index is 12.9. The van der Waals surface area contributed by atoms with Gasteiger partial charge in [0.05, 0.1) is 4.90 Å². The van der Waals surface area contributed by atoms with Crippen molar-refractivity contribution >= 4 is 26.7 Å². The van der Waals surface area contributed by atoms with E-state index in [2.05, 4.69) is 52.1 Å². The summed E-state index contributed by atoms with van der Waals surface area (Å²) in [6.45, 7) is 5.84. The van der Waals surface area contributed by atoms with Crippen LogP contribution in [0.15, 0.2) is 71.6 Å². The Balaban J connectivity index is 1.38. The molecule has 162 valence electrons. The number of sulfonamides is 1. The monoisotopic (exact) mass is 437 g/mol. The van der Waals surface area contributed by atoms with Crippen LogP contribution in [-0.2, 0) is 16.6 Å². The maximum Gasteiger partial charge on any atom is 0.253 e. The Morgan fingerprint density at radius 2 is 1.58 bits per heavy atom.